The molecule has 0 spiro atoms. The summed E-state index contributed by atoms with van der Waals surface area (Å²) in [5.74, 6) is -0.0933. The molecule has 7 rings (SSSR count). The molecule has 5 nitrogen and oxygen atoms in total. The first-order valence-corrected chi connectivity index (χ1v) is 20.7. The molecule has 0 radical (unpaired) electrons. The number of benzene rings is 5. The van der Waals surface area contributed by atoms with E-state index >= 15 is 0 Å². The molecular weight excluding hydrogens is 675 g/mol. The molecule has 6 heteroatoms. The summed E-state index contributed by atoms with van der Waals surface area (Å²) in [6, 6.07) is 37.1. The Morgan fingerprint density at radius 1 is 0.528 bits per heavy atom. The number of hydrogen-bond donors (Lipinski definition) is 2. The van der Waals surface area contributed by atoms with Crippen molar-refractivity contribution in [2.75, 3.05) is 0 Å². The summed E-state index contributed by atoms with van der Waals surface area (Å²) in [6.45, 7) is 5.82. The van der Waals surface area contributed by atoms with Crippen molar-refractivity contribution in [2.24, 2.45) is 0 Å². The molecule has 0 bridgehead atoms. The van der Waals surface area contributed by atoms with Crippen LogP contribution in [0.25, 0.3) is 0 Å². The maximum Gasteiger partial charge on any atom is 0.230 e. The van der Waals surface area contributed by atoms with Crippen molar-refractivity contribution >= 4 is 29.1 Å². The van der Waals surface area contributed by atoms with Crippen LogP contribution in [0.2, 0.25) is 0 Å². The van der Waals surface area contributed by atoms with Crippen LogP contribution in [-0.4, -0.2) is 21.5 Å². The van der Waals surface area contributed by atoms with Crippen molar-refractivity contribution in [3.8, 4) is 0 Å². The molecule has 0 unspecified atom stereocenters. The van der Waals surface area contributed by atoms with Gasteiger partial charge in [-0.3, -0.25) is 9.59 Å². The van der Waals surface area contributed by atoms with Crippen LogP contribution < -0.4 is 10.6 Å². The van der Waals surface area contributed by atoms with Crippen LogP contribution >= 0.6 is 7.14 Å². The van der Waals surface area contributed by atoms with E-state index in [2.05, 4.69) is 0 Å². The lowest BCUT2D eigenvalue weighted by atomic mass is 9.74. The zero-order valence-electron chi connectivity index (χ0n) is 31.2. The highest BCUT2D eigenvalue weighted by Gasteiger charge is 2.39. The van der Waals surface area contributed by atoms with Crippen molar-refractivity contribution in [3.63, 3.8) is 0 Å². The highest BCUT2D eigenvalue weighted by atomic mass is 31.2. The summed E-state index contributed by atoms with van der Waals surface area (Å²) >= 11 is 0. The van der Waals surface area contributed by atoms with Gasteiger partial charge in [0.1, 0.15) is 0 Å². The third-order valence-corrected chi connectivity index (χ3v) is 14.0. The fourth-order valence-electron chi connectivity index (χ4n) is 8.47. The fraction of sp³-hybridized carbons (Fsp3) is 0.319. The predicted octanol–water partition coefficient (Wildman–Crippen LogP) is 9.99. The molecule has 5 aromatic rings. The minimum atomic E-state index is -3.44. The Morgan fingerprint density at radius 2 is 0.887 bits per heavy atom. The lowest BCUT2D eigenvalue weighted by Crippen LogP contribution is -2.32. The van der Waals surface area contributed by atoms with Crippen molar-refractivity contribution < 1.29 is 24.4 Å². The van der Waals surface area contributed by atoms with Crippen LogP contribution in [0.1, 0.15) is 118 Å². The van der Waals surface area contributed by atoms with Gasteiger partial charge in [0.05, 0.1) is 11.2 Å². The first-order valence-electron chi connectivity index (χ1n) is 19.0. The number of aliphatic hydroxyl groups is 2. The molecule has 2 fully saturated rings. The number of rotatable bonds is 8. The second kappa shape index (κ2) is 16.3. The zero-order chi connectivity index (χ0) is 37.6. The quantitative estimate of drug-likeness (QED) is 0.123. The predicted molar refractivity (Wildman–Crippen MR) is 215 cm³/mol. The van der Waals surface area contributed by atoms with Crippen LogP contribution in [0, 0.1) is 20.8 Å². The van der Waals surface area contributed by atoms with Gasteiger partial charge in [0.15, 0.2) is 5.78 Å². The van der Waals surface area contributed by atoms with E-state index < -0.39 is 18.3 Å². The van der Waals surface area contributed by atoms with Crippen molar-refractivity contribution in [3.05, 3.63) is 166 Å². The van der Waals surface area contributed by atoms with Crippen LogP contribution in [0.3, 0.4) is 0 Å². The van der Waals surface area contributed by atoms with Crippen molar-refractivity contribution in [2.45, 2.75) is 96.2 Å². The van der Waals surface area contributed by atoms with E-state index in [9.17, 15) is 24.4 Å². The molecule has 0 aromatic heterocycles. The Morgan fingerprint density at radius 3 is 1.28 bits per heavy atom. The minimum absolute atomic E-state index is 0.0933. The maximum atomic E-state index is 14.2. The molecule has 0 amide bonds. The standard InChI is InChI=1S/C25H30O3.C22H21O2P/c26-23(19-11-3-5-13-21(19)24(27)15-7-1-8-16-24)20-12-4-6-14-22(20)25(28)17-9-2-10-18-25;1-16-14-17(2)21(18(3)15-16)22(23)25(24,19-10-6-4-7-11-19)20-12-8-5-9-13-20/h3-6,11-14,27-28H,1-2,7-10,15-18H2;4-15H,1-3H3. The number of aryl methyl sites for hydroxylation is 3. The lowest BCUT2D eigenvalue weighted by molar-refractivity contribution is -0.00188. The zero-order valence-corrected chi connectivity index (χ0v) is 32.1. The Bertz CT molecular complexity index is 1970. The molecular formula is C47H51O5P. The van der Waals surface area contributed by atoms with Gasteiger partial charge in [-0.25, -0.2) is 0 Å². The highest BCUT2D eigenvalue weighted by molar-refractivity contribution is 7.93. The van der Waals surface area contributed by atoms with Crippen LogP contribution in [0.15, 0.2) is 121 Å². The monoisotopic (exact) mass is 726 g/mol. The average Bonchev–Trinajstić information content (AvgIpc) is 3.18. The Kier molecular flexibility index (Phi) is 11.8. The molecule has 2 N–H and O–H groups in total. The fourth-order valence-corrected chi connectivity index (χ4v) is 11.1. The van der Waals surface area contributed by atoms with Gasteiger partial charge in [0.25, 0.3) is 0 Å². The molecule has 0 heterocycles. The summed E-state index contributed by atoms with van der Waals surface area (Å²) in [7, 11) is -3.44. The van der Waals surface area contributed by atoms with Gasteiger partial charge in [-0.1, -0.05) is 165 Å². The second-order valence-corrected chi connectivity index (χ2v) is 17.6. The summed E-state index contributed by atoms with van der Waals surface area (Å²) in [5, 5.41) is 23.7. The summed E-state index contributed by atoms with van der Waals surface area (Å²) < 4.78 is 14.2. The van der Waals surface area contributed by atoms with Crippen LogP contribution in [0.5, 0.6) is 0 Å². The Labute approximate surface area is 314 Å². The van der Waals surface area contributed by atoms with E-state index in [1.54, 1.807) is 24.3 Å². The minimum Gasteiger partial charge on any atom is -0.385 e. The van der Waals surface area contributed by atoms with Gasteiger partial charge in [-0.2, -0.15) is 0 Å². The van der Waals surface area contributed by atoms with Gasteiger partial charge in [0.2, 0.25) is 12.7 Å². The molecule has 274 valence electrons. The molecule has 2 aliphatic rings. The van der Waals surface area contributed by atoms with Gasteiger partial charge in [-0.05, 0) is 68.7 Å². The lowest BCUT2D eigenvalue weighted by Gasteiger charge is -2.35. The van der Waals surface area contributed by atoms with E-state index in [-0.39, 0.29) is 11.3 Å². The number of carbonyl (C=O) groups excluding carboxylic acids is 2. The van der Waals surface area contributed by atoms with Crippen LogP contribution in [-0.2, 0) is 15.8 Å². The van der Waals surface area contributed by atoms with Crippen molar-refractivity contribution in [1.29, 1.82) is 0 Å². The van der Waals surface area contributed by atoms with E-state index in [0.717, 1.165) is 66.3 Å². The summed E-state index contributed by atoms with van der Waals surface area (Å²) in [4.78, 5) is 27.2. The first kappa shape index (κ1) is 38.3. The number of carbonyl (C=O) groups is 2. The largest absolute Gasteiger partial charge is 0.385 e. The van der Waals surface area contributed by atoms with Crippen LogP contribution in [0.4, 0.5) is 0 Å². The van der Waals surface area contributed by atoms with Gasteiger partial charge < -0.3 is 14.8 Å². The summed E-state index contributed by atoms with van der Waals surface area (Å²) in [6.07, 6.45) is 8.98. The molecule has 2 saturated carbocycles. The smallest absolute Gasteiger partial charge is 0.230 e. The normalized spacial score (nSPS) is 16.5. The maximum absolute atomic E-state index is 14.2. The molecule has 2 aliphatic carbocycles. The highest BCUT2D eigenvalue weighted by Crippen LogP contribution is 2.48. The molecule has 0 atom stereocenters. The van der Waals surface area contributed by atoms with E-state index in [0.29, 0.717) is 53.0 Å². The SMILES string of the molecule is Cc1cc(C)c(C(=O)P(=O)(c2ccccc2)c2ccccc2)c(C)c1.O=C(c1ccccc1C1(O)CCCCC1)c1ccccc1C1(O)CCCCC1. The third kappa shape index (κ3) is 7.94. The Balaban J connectivity index is 0.000000183. The topological polar surface area (TPSA) is 91.7 Å². The molecule has 0 saturated heterocycles. The van der Waals surface area contributed by atoms with Gasteiger partial charge in [-0.15, -0.1) is 0 Å². The average molecular weight is 727 g/mol. The molecule has 53 heavy (non-hydrogen) atoms. The number of ketones is 1. The van der Waals surface area contributed by atoms with E-state index in [1.165, 1.54) is 0 Å². The van der Waals surface area contributed by atoms with E-state index in [1.807, 2.05) is 118 Å². The first-order chi connectivity index (χ1) is 25.5. The van der Waals surface area contributed by atoms with E-state index in [4.69, 9.17) is 0 Å². The summed E-state index contributed by atoms with van der Waals surface area (Å²) in [5.41, 5.74) is 3.88. The molecule has 0 aliphatic heterocycles. The third-order valence-electron chi connectivity index (χ3n) is 11.1. The second-order valence-electron chi connectivity index (χ2n) is 15.0. The molecule has 5 aromatic carbocycles. The van der Waals surface area contributed by atoms with Crippen molar-refractivity contribution in [1.82, 2.24) is 0 Å². The number of hydrogen-bond acceptors (Lipinski definition) is 5. The van der Waals surface area contributed by atoms with Gasteiger partial charge >= 0.3 is 0 Å². The van der Waals surface area contributed by atoms with Gasteiger partial charge in [0, 0.05) is 27.3 Å². The Hall–Kier alpha value is -4.41.